The van der Waals surface area contributed by atoms with Gasteiger partial charge < -0.3 is 34.4 Å². The Balaban J connectivity index is 1.59. The average molecular weight is 573 g/mol. The van der Waals surface area contributed by atoms with Crippen molar-refractivity contribution >= 4 is 17.6 Å². The second kappa shape index (κ2) is 13.7. The van der Waals surface area contributed by atoms with E-state index in [1.165, 1.54) is 4.90 Å². The summed E-state index contributed by atoms with van der Waals surface area (Å²) in [5.41, 5.74) is 2.17. The van der Waals surface area contributed by atoms with Crippen LogP contribution in [0.4, 0.5) is 10.5 Å². The zero-order chi connectivity index (χ0) is 30.2. The third-order valence-corrected chi connectivity index (χ3v) is 7.08. The standard InChI is InChI=1S/C32H36N4O6/c1-21-18-36(22(2)20-37)31(38)28-15-24(10-9-23-11-13-26(40-4)14-12-23)17-33-30(28)42-29(21)19-35(3)32(39)34-25-7-6-8-27(16-25)41-5/h6-8,11-17,21-22,29,37H,18-20H2,1-5H3,(H,34,39)/t21-,22-,29-/m0/s1. The van der Waals surface area contributed by atoms with Crippen LogP contribution < -0.4 is 19.5 Å². The van der Waals surface area contributed by atoms with Gasteiger partial charge in [-0.15, -0.1) is 0 Å². The predicted molar refractivity (Wildman–Crippen MR) is 159 cm³/mol. The SMILES string of the molecule is COc1ccc(C#Cc2cnc3c(c2)C(=O)N([C@@H](C)CO)C[C@H](C)[C@H](CN(C)C(=O)Nc2cccc(OC)c2)O3)cc1. The van der Waals surface area contributed by atoms with E-state index in [0.29, 0.717) is 23.5 Å². The number of pyridine rings is 1. The molecular weight excluding hydrogens is 536 g/mol. The molecule has 0 fully saturated rings. The molecule has 2 heterocycles. The second-order valence-corrected chi connectivity index (χ2v) is 10.2. The normalized spacial score (nSPS) is 16.9. The molecule has 1 aliphatic heterocycles. The van der Waals surface area contributed by atoms with Crippen LogP contribution in [0.15, 0.2) is 60.8 Å². The number of urea groups is 1. The average Bonchev–Trinajstić information content (AvgIpc) is 3.01. The van der Waals surface area contributed by atoms with E-state index in [0.717, 1.165) is 11.3 Å². The van der Waals surface area contributed by atoms with Crippen molar-refractivity contribution in [1.29, 1.82) is 0 Å². The second-order valence-electron chi connectivity index (χ2n) is 10.2. The highest BCUT2D eigenvalue weighted by molar-refractivity contribution is 5.97. The molecule has 3 aromatic rings. The van der Waals surface area contributed by atoms with Crippen molar-refractivity contribution in [2.24, 2.45) is 5.92 Å². The van der Waals surface area contributed by atoms with Crippen LogP contribution in [0.5, 0.6) is 17.4 Å². The molecule has 1 aliphatic rings. The first-order valence-electron chi connectivity index (χ1n) is 13.6. The van der Waals surface area contributed by atoms with E-state index in [4.69, 9.17) is 14.2 Å². The van der Waals surface area contributed by atoms with Crippen LogP contribution >= 0.6 is 0 Å². The number of rotatable bonds is 7. The van der Waals surface area contributed by atoms with E-state index in [1.807, 2.05) is 31.2 Å². The van der Waals surface area contributed by atoms with Crippen LogP contribution in [0.2, 0.25) is 0 Å². The molecular formula is C32H36N4O6. The number of carbonyl (C=O) groups is 2. The van der Waals surface area contributed by atoms with Gasteiger partial charge in [0.05, 0.1) is 33.4 Å². The molecule has 1 aromatic heterocycles. The van der Waals surface area contributed by atoms with Gasteiger partial charge in [-0.05, 0) is 49.4 Å². The number of amides is 3. The predicted octanol–water partition coefficient (Wildman–Crippen LogP) is 3.88. The van der Waals surface area contributed by atoms with Crippen molar-refractivity contribution in [3.8, 4) is 29.2 Å². The van der Waals surface area contributed by atoms with Gasteiger partial charge in [0.1, 0.15) is 23.2 Å². The molecule has 0 aliphatic carbocycles. The lowest BCUT2D eigenvalue weighted by atomic mass is 10.00. The van der Waals surface area contributed by atoms with Gasteiger partial charge in [0.15, 0.2) is 0 Å². The Bertz CT molecular complexity index is 1470. The van der Waals surface area contributed by atoms with E-state index < -0.39 is 12.1 Å². The number of likely N-dealkylation sites (N-methyl/N-ethyl adjacent to an activating group) is 1. The molecule has 10 heteroatoms. The molecule has 0 saturated heterocycles. The fraction of sp³-hybridized carbons (Fsp3) is 0.344. The maximum atomic E-state index is 13.7. The third-order valence-electron chi connectivity index (χ3n) is 7.08. The Hall–Kier alpha value is -4.75. The summed E-state index contributed by atoms with van der Waals surface area (Å²) >= 11 is 0. The van der Waals surface area contributed by atoms with Crippen LogP contribution in [0.3, 0.4) is 0 Å². The van der Waals surface area contributed by atoms with Gasteiger partial charge >= 0.3 is 6.03 Å². The summed E-state index contributed by atoms with van der Waals surface area (Å²) in [4.78, 5) is 34.3. The number of methoxy groups -OCH3 is 2. The Labute approximate surface area is 246 Å². The van der Waals surface area contributed by atoms with Gasteiger partial charge in [0.25, 0.3) is 5.91 Å². The first-order chi connectivity index (χ1) is 20.2. The minimum absolute atomic E-state index is 0.156. The van der Waals surface area contributed by atoms with Crippen LogP contribution in [-0.4, -0.2) is 84.9 Å². The van der Waals surface area contributed by atoms with Crippen molar-refractivity contribution in [2.45, 2.75) is 26.0 Å². The van der Waals surface area contributed by atoms with Crippen LogP contribution in [0.25, 0.3) is 0 Å². The van der Waals surface area contributed by atoms with E-state index in [9.17, 15) is 14.7 Å². The zero-order valence-electron chi connectivity index (χ0n) is 24.5. The molecule has 0 radical (unpaired) electrons. The molecule has 2 aromatic carbocycles. The summed E-state index contributed by atoms with van der Waals surface area (Å²) in [5, 5.41) is 12.8. The lowest BCUT2D eigenvalue weighted by Gasteiger charge is -2.37. The number of aromatic nitrogens is 1. The van der Waals surface area contributed by atoms with Gasteiger partial charge in [-0.3, -0.25) is 4.79 Å². The van der Waals surface area contributed by atoms with Crippen LogP contribution in [0, 0.1) is 17.8 Å². The quantitative estimate of drug-likeness (QED) is 0.413. The van der Waals surface area contributed by atoms with Gasteiger partial charge in [0, 0.05) is 48.6 Å². The lowest BCUT2D eigenvalue weighted by molar-refractivity contribution is 0.0356. The summed E-state index contributed by atoms with van der Waals surface area (Å²) < 4.78 is 16.7. The van der Waals surface area contributed by atoms with Crippen molar-refractivity contribution in [3.05, 3.63) is 77.5 Å². The Morgan fingerprint density at radius 1 is 1.14 bits per heavy atom. The summed E-state index contributed by atoms with van der Waals surface area (Å²) in [5.74, 6) is 7.17. The third kappa shape index (κ3) is 7.30. The molecule has 3 amide bonds. The van der Waals surface area contributed by atoms with Crippen molar-refractivity contribution in [3.63, 3.8) is 0 Å². The number of benzene rings is 2. The fourth-order valence-corrected chi connectivity index (χ4v) is 4.48. The molecule has 0 spiro atoms. The molecule has 0 bridgehead atoms. The summed E-state index contributed by atoms with van der Waals surface area (Å²) in [6.45, 7) is 4.08. The van der Waals surface area contributed by atoms with E-state index in [1.54, 1.807) is 69.6 Å². The number of fused-ring (bicyclic) bond motifs is 1. The first kappa shape index (κ1) is 30.2. The largest absolute Gasteiger partial charge is 0.497 e. The Kier molecular flexibility index (Phi) is 9.89. The highest BCUT2D eigenvalue weighted by atomic mass is 16.5. The molecule has 2 N–H and O–H groups in total. The van der Waals surface area contributed by atoms with Gasteiger partial charge in [-0.1, -0.05) is 24.8 Å². The number of ether oxygens (including phenoxy) is 3. The van der Waals surface area contributed by atoms with Crippen molar-refractivity contribution in [1.82, 2.24) is 14.8 Å². The molecule has 3 atom stereocenters. The first-order valence-corrected chi connectivity index (χ1v) is 13.6. The van der Waals surface area contributed by atoms with Crippen LogP contribution in [0.1, 0.15) is 35.3 Å². The van der Waals surface area contributed by atoms with Gasteiger partial charge in [-0.2, -0.15) is 0 Å². The van der Waals surface area contributed by atoms with Crippen molar-refractivity contribution < 1.29 is 28.9 Å². The minimum atomic E-state index is -0.491. The smallest absolute Gasteiger partial charge is 0.321 e. The van der Waals surface area contributed by atoms with Crippen LogP contribution in [-0.2, 0) is 0 Å². The monoisotopic (exact) mass is 572 g/mol. The molecule has 42 heavy (non-hydrogen) atoms. The van der Waals surface area contributed by atoms with Crippen molar-refractivity contribution in [2.75, 3.05) is 46.3 Å². The van der Waals surface area contributed by atoms with E-state index in [2.05, 4.69) is 22.1 Å². The topological polar surface area (TPSA) is 113 Å². The summed E-state index contributed by atoms with van der Waals surface area (Å²) in [7, 11) is 4.84. The molecule has 4 rings (SSSR count). The fourth-order valence-electron chi connectivity index (χ4n) is 4.48. The highest BCUT2D eigenvalue weighted by Gasteiger charge is 2.34. The number of hydrogen-bond acceptors (Lipinski definition) is 7. The maximum Gasteiger partial charge on any atom is 0.321 e. The number of aliphatic hydroxyl groups is 1. The zero-order valence-corrected chi connectivity index (χ0v) is 24.5. The van der Waals surface area contributed by atoms with E-state index >= 15 is 0 Å². The number of carbonyl (C=O) groups excluding carboxylic acids is 2. The lowest BCUT2D eigenvalue weighted by Crippen LogP contribution is -2.50. The Morgan fingerprint density at radius 2 is 1.86 bits per heavy atom. The number of nitrogens with zero attached hydrogens (tertiary/aromatic N) is 3. The number of nitrogens with one attached hydrogen (secondary N) is 1. The van der Waals surface area contributed by atoms with E-state index in [-0.39, 0.29) is 42.5 Å². The van der Waals surface area contributed by atoms with Gasteiger partial charge in [-0.25, -0.2) is 9.78 Å². The number of anilines is 1. The molecule has 10 nitrogen and oxygen atoms in total. The number of aliphatic hydroxyl groups excluding tert-OH is 1. The molecule has 0 unspecified atom stereocenters. The Morgan fingerprint density at radius 3 is 2.55 bits per heavy atom. The molecule has 220 valence electrons. The summed E-state index contributed by atoms with van der Waals surface area (Å²) in [6, 6.07) is 15.3. The van der Waals surface area contributed by atoms with Gasteiger partial charge in [0.2, 0.25) is 5.88 Å². The highest BCUT2D eigenvalue weighted by Crippen LogP contribution is 2.27. The number of hydrogen-bond donors (Lipinski definition) is 2. The summed E-state index contributed by atoms with van der Waals surface area (Å²) in [6.07, 6.45) is 1.07. The minimum Gasteiger partial charge on any atom is -0.497 e. The maximum absolute atomic E-state index is 13.7. The molecule has 0 saturated carbocycles.